The highest BCUT2D eigenvalue weighted by Crippen LogP contribution is 2.35. The Hall–Kier alpha value is -0.840. The molecule has 8 heteroatoms. The van der Waals surface area contributed by atoms with Gasteiger partial charge in [-0.15, -0.1) is 0 Å². The number of nitrogens with one attached hydrogen (secondary N) is 1. The van der Waals surface area contributed by atoms with Crippen LogP contribution in [0.3, 0.4) is 0 Å². The van der Waals surface area contributed by atoms with Crippen LogP contribution in [0, 0.1) is 6.92 Å². The topological polar surface area (TPSA) is 38.3 Å². The summed E-state index contributed by atoms with van der Waals surface area (Å²) < 4.78 is 3.66. The molecule has 0 saturated heterocycles. The van der Waals surface area contributed by atoms with Crippen LogP contribution >= 0.6 is 58.0 Å². The summed E-state index contributed by atoms with van der Waals surface area (Å²) in [7, 11) is 0. The van der Waals surface area contributed by atoms with E-state index in [-0.39, 0.29) is 10.8 Å². The highest BCUT2D eigenvalue weighted by molar-refractivity contribution is 6.68. The van der Waals surface area contributed by atoms with Crippen LogP contribution in [0.1, 0.15) is 15.9 Å². The fourth-order valence-electron chi connectivity index (χ4n) is 1.90. The molecule has 24 heavy (non-hydrogen) atoms. The fraction of sp³-hybridized carbons (Fsp3) is 0.188. The number of benzene rings is 2. The van der Waals surface area contributed by atoms with Gasteiger partial charge in [-0.05, 0) is 36.8 Å². The summed E-state index contributed by atoms with van der Waals surface area (Å²) in [4.78, 5) is 12.4. The molecule has 0 unspecified atom stereocenters. The Kier molecular flexibility index (Phi) is 6.52. The lowest BCUT2D eigenvalue weighted by Crippen LogP contribution is -2.48. The molecule has 0 bridgehead atoms. The molecule has 0 fully saturated rings. The molecule has 0 spiro atoms. The second kappa shape index (κ2) is 8.03. The fourth-order valence-corrected chi connectivity index (χ4v) is 2.65. The van der Waals surface area contributed by atoms with Crippen LogP contribution in [-0.4, -0.2) is 15.9 Å². The predicted octanol–water partition coefficient (Wildman–Crippen LogP) is 5.81. The Morgan fingerprint density at radius 1 is 1.12 bits per heavy atom. The highest BCUT2D eigenvalue weighted by atomic mass is 35.6. The molecule has 1 atom stereocenters. The molecule has 0 saturated carbocycles. The maximum atomic E-state index is 12.4. The maximum Gasteiger partial charge on any atom is 0.254 e. The predicted molar refractivity (Wildman–Crippen MR) is 99.8 cm³/mol. The average molecular weight is 428 g/mol. The van der Waals surface area contributed by atoms with Crippen LogP contribution < -0.4 is 10.1 Å². The number of alkyl halides is 3. The first-order valence-electron chi connectivity index (χ1n) is 6.73. The Morgan fingerprint density at radius 3 is 2.38 bits per heavy atom. The molecule has 0 aliphatic carbocycles. The van der Waals surface area contributed by atoms with E-state index in [1.54, 1.807) is 31.2 Å². The number of carbonyl (C=O) groups is 1. The molecule has 0 radical (unpaired) electrons. The van der Waals surface area contributed by atoms with Gasteiger partial charge in [-0.1, -0.05) is 76.2 Å². The number of hydrogen-bond acceptors (Lipinski definition) is 2. The molecule has 0 aliphatic heterocycles. The van der Waals surface area contributed by atoms with Gasteiger partial charge in [-0.2, -0.15) is 0 Å². The molecule has 128 valence electrons. The summed E-state index contributed by atoms with van der Waals surface area (Å²) in [5, 5.41) is 3.22. The van der Waals surface area contributed by atoms with Gasteiger partial charge in [0.25, 0.3) is 5.91 Å². The summed E-state index contributed by atoms with van der Waals surface area (Å²) >= 11 is 29.7. The third kappa shape index (κ3) is 5.08. The molecule has 1 N–H and O–H groups in total. The van der Waals surface area contributed by atoms with Gasteiger partial charge in [0.05, 0.1) is 5.02 Å². The highest BCUT2D eigenvalue weighted by Gasteiger charge is 2.37. The number of rotatable bonds is 4. The zero-order chi connectivity index (χ0) is 17.9. The largest absolute Gasteiger partial charge is 0.464 e. The first-order chi connectivity index (χ1) is 11.2. The van der Waals surface area contributed by atoms with Gasteiger partial charge >= 0.3 is 0 Å². The van der Waals surface area contributed by atoms with Crippen molar-refractivity contribution in [2.45, 2.75) is 16.9 Å². The van der Waals surface area contributed by atoms with E-state index in [1.807, 2.05) is 6.07 Å². The number of hydrogen-bond donors (Lipinski definition) is 1. The average Bonchev–Trinajstić information content (AvgIpc) is 2.48. The monoisotopic (exact) mass is 425 g/mol. The van der Waals surface area contributed by atoms with E-state index in [9.17, 15) is 4.79 Å². The smallest absolute Gasteiger partial charge is 0.254 e. The molecule has 0 heterocycles. The summed E-state index contributed by atoms with van der Waals surface area (Å²) in [6, 6.07) is 11.6. The van der Waals surface area contributed by atoms with Crippen LogP contribution in [0.2, 0.25) is 10.0 Å². The van der Waals surface area contributed by atoms with Gasteiger partial charge in [0.2, 0.25) is 10.0 Å². The Morgan fingerprint density at radius 2 is 1.79 bits per heavy atom. The normalized spacial score (nSPS) is 12.6. The van der Waals surface area contributed by atoms with Crippen molar-refractivity contribution in [1.82, 2.24) is 5.32 Å². The van der Waals surface area contributed by atoms with E-state index in [1.165, 1.54) is 12.1 Å². The van der Waals surface area contributed by atoms with E-state index >= 15 is 0 Å². The van der Waals surface area contributed by atoms with E-state index in [2.05, 4.69) is 5.32 Å². The molecular weight excluding hydrogens is 415 g/mol. The second-order valence-electron chi connectivity index (χ2n) is 4.90. The lowest BCUT2D eigenvalue weighted by atomic mass is 10.1. The van der Waals surface area contributed by atoms with Crippen LogP contribution in [0.5, 0.6) is 5.75 Å². The van der Waals surface area contributed by atoms with Gasteiger partial charge in [0.1, 0.15) is 5.75 Å². The van der Waals surface area contributed by atoms with Crippen LogP contribution in [0.15, 0.2) is 42.5 Å². The van der Waals surface area contributed by atoms with E-state index in [0.29, 0.717) is 10.6 Å². The molecule has 2 rings (SSSR count). The third-order valence-electron chi connectivity index (χ3n) is 3.09. The minimum atomic E-state index is -1.92. The van der Waals surface area contributed by atoms with Crippen LogP contribution in [-0.2, 0) is 0 Å². The third-order valence-corrected chi connectivity index (χ3v) is 4.21. The summed E-state index contributed by atoms with van der Waals surface area (Å²) in [6.07, 6.45) is -1.26. The Bertz CT molecular complexity index is 745. The summed E-state index contributed by atoms with van der Waals surface area (Å²) in [5.41, 5.74) is 1.23. The van der Waals surface area contributed by atoms with Crippen LogP contribution in [0.25, 0.3) is 0 Å². The zero-order valence-electron chi connectivity index (χ0n) is 12.3. The molecule has 1 amide bonds. The molecule has 2 aromatic carbocycles. The van der Waals surface area contributed by atoms with Crippen molar-refractivity contribution >= 4 is 63.9 Å². The number of halogens is 5. The summed E-state index contributed by atoms with van der Waals surface area (Å²) in [5.74, 6) is -0.211. The van der Waals surface area contributed by atoms with Crippen molar-refractivity contribution in [3.8, 4) is 5.75 Å². The number of ether oxygens (including phenoxy) is 1. The molecule has 3 nitrogen and oxygen atoms in total. The minimum absolute atomic E-state index is 0.225. The van der Waals surface area contributed by atoms with Gasteiger partial charge in [0, 0.05) is 10.6 Å². The standard InChI is InChI=1S/C16H12Cl5NO2/c1-9-4-2-3-5-11(9)14(23)22-15(16(19,20)21)24-13-7-6-10(17)8-12(13)18/h2-8,15H,1H3,(H,22,23)/t15-/m0/s1. The van der Waals surface area contributed by atoms with Crippen LogP contribution in [0.4, 0.5) is 0 Å². The first kappa shape index (κ1) is 19.5. The van der Waals surface area contributed by atoms with Crippen molar-refractivity contribution < 1.29 is 9.53 Å². The van der Waals surface area contributed by atoms with E-state index < -0.39 is 15.9 Å². The van der Waals surface area contributed by atoms with E-state index in [0.717, 1.165) is 5.56 Å². The van der Waals surface area contributed by atoms with Crippen molar-refractivity contribution in [3.05, 3.63) is 63.6 Å². The molecule has 0 aliphatic rings. The molecule has 2 aromatic rings. The van der Waals surface area contributed by atoms with Gasteiger partial charge in [0.15, 0.2) is 0 Å². The first-order valence-corrected chi connectivity index (χ1v) is 8.62. The minimum Gasteiger partial charge on any atom is -0.464 e. The molecule has 0 aromatic heterocycles. The Labute approximate surface area is 164 Å². The lowest BCUT2D eigenvalue weighted by Gasteiger charge is -2.27. The SMILES string of the molecule is Cc1ccccc1C(=O)N[C@@H](Oc1ccc(Cl)cc1Cl)C(Cl)(Cl)Cl. The van der Waals surface area contributed by atoms with Crippen molar-refractivity contribution in [3.63, 3.8) is 0 Å². The number of amides is 1. The van der Waals surface area contributed by atoms with Crippen molar-refractivity contribution in [2.75, 3.05) is 0 Å². The van der Waals surface area contributed by atoms with Crippen molar-refractivity contribution in [2.24, 2.45) is 0 Å². The zero-order valence-corrected chi connectivity index (χ0v) is 16.1. The number of carbonyl (C=O) groups excluding carboxylic acids is 1. The Balaban J connectivity index is 2.23. The molecular formula is C16H12Cl5NO2. The van der Waals surface area contributed by atoms with Gasteiger partial charge in [-0.25, -0.2) is 0 Å². The van der Waals surface area contributed by atoms with Gasteiger partial charge in [-0.3, -0.25) is 4.79 Å². The lowest BCUT2D eigenvalue weighted by molar-refractivity contribution is 0.0832. The summed E-state index contributed by atoms with van der Waals surface area (Å²) in [6.45, 7) is 1.80. The van der Waals surface area contributed by atoms with Crippen molar-refractivity contribution in [1.29, 1.82) is 0 Å². The van der Waals surface area contributed by atoms with Gasteiger partial charge < -0.3 is 10.1 Å². The quantitative estimate of drug-likeness (QED) is 0.494. The second-order valence-corrected chi connectivity index (χ2v) is 8.12. The maximum absolute atomic E-state index is 12.4. The van der Waals surface area contributed by atoms with E-state index in [4.69, 9.17) is 62.7 Å². The number of aryl methyl sites for hydroxylation is 1.